The molecule has 1 aromatic carbocycles. The topological polar surface area (TPSA) is 23.6 Å². The molecule has 17 heavy (non-hydrogen) atoms. The highest BCUT2D eigenvalue weighted by molar-refractivity contribution is 5.49. The van der Waals surface area contributed by atoms with Gasteiger partial charge in [-0.15, -0.1) is 0 Å². The number of carbonyl (C=O) groups excluding carboxylic acids is 1. The van der Waals surface area contributed by atoms with E-state index in [-0.39, 0.29) is 0 Å². The summed E-state index contributed by atoms with van der Waals surface area (Å²) in [5, 5.41) is 0. The van der Waals surface area contributed by atoms with Crippen molar-refractivity contribution in [2.75, 3.05) is 32.7 Å². The third kappa shape index (κ3) is 3.71. The molecule has 1 aromatic rings. The van der Waals surface area contributed by atoms with Crippen LogP contribution in [0.5, 0.6) is 0 Å². The first-order chi connectivity index (χ1) is 8.38. The van der Waals surface area contributed by atoms with Crippen LogP contribution in [-0.4, -0.2) is 48.9 Å². The summed E-state index contributed by atoms with van der Waals surface area (Å²) in [5.74, 6) is 0. The van der Waals surface area contributed by atoms with E-state index in [0.29, 0.717) is 0 Å². The van der Waals surface area contributed by atoms with Gasteiger partial charge >= 0.3 is 0 Å². The van der Waals surface area contributed by atoms with Crippen molar-refractivity contribution in [3.05, 3.63) is 42.0 Å². The van der Waals surface area contributed by atoms with Crippen LogP contribution in [0.25, 0.3) is 6.08 Å². The van der Waals surface area contributed by atoms with Crippen molar-refractivity contribution in [2.45, 2.75) is 0 Å². The van der Waals surface area contributed by atoms with Crippen molar-refractivity contribution in [1.82, 2.24) is 9.80 Å². The molecule has 0 N–H and O–H groups in total. The molecule has 2 rings (SSSR count). The van der Waals surface area contributed by atoms with Gasteiger partial charge in [0.1, 0.15) is 0 Å². The van der Waals surface area contributed by atoms with E-state index in [2.05, 4.69) is 29.2 Å². The molecule has 0 aromatic heterocycles. The molecule has 0 saturated carbocycles. The molecular weight excluding hydrogens is 212 g/mol. The summed E-state index contributed by atoms with van der Waals surface area (Å²) in [6, 6.07) is 10.3. The Bertz CT molecular complexity index is 367. The Kier molecular flexibility index (Phi) is 4.33. The zero-order valence-electron chi connectivity index (χ0n) is 9.96. The Morgan fingerprint density at radius 2 is 1.76 bits per heavy atom. The van der Waals surface area contributed by atoms with Gasteiger partial charge < -0.3 is 4.90 Å². The van der Waals surface area contributed by atoms with E-state index in [0.717, 1.165) is 39.1 Å². The van der Waals surface area contributed by atoms with Gasteiger partial charge in [0.25, 0.3) is 0 Å². The highest BCUT2D eigenvalue weighted by atomic mass is 16.1. The van der Waals surface area contributed by atoms with E-state index in [9.17, 15) is 4.79 Å². The molecule has 0 unspecified atom stereocenters. The molecular formula is C14H18N2O. The van der Waals surface area contributed by atoms with Crippen LogP contribution in [0.4, 0.5) is 0 Å². The van der Waals surface area contributed by atoms with Crippen molar-refractivity contribution in [1.29, 1.82) is 0 Å². The maximum Gasteiger partial charge on any atom is 0.209 e. The first kappa shape index (κ1) is 11.9. The summed E-state index contributed by atoms with van der Waals surface area (Å²) in [5.41, 5.74) is 1.24. The largest absolute Gasteiger partial charge is 0.343 e. The van der Waals surface area contributed by atoms with Gasteiger partial charge in [0.15, 0.2) is 0 Å². The molecule has 1 fully saturated rings. The average Bonchev–Trinajstić information content (AvgIpc) is 2.41. The van der Waals surface area contributed by atoms with E-state index >= 15 is 0 Å². The lowest BCUT2D eigenvalue weighted by Crippen LogP contribution is -2.45. The molecule has 1 heterocycles. The number of hydrogen-bond donors (Lipinski definition) is 0. The average molecular weight is 230 g/mol. The molecule has 0 radical (unpaired) electrons. The monoisotopic (exact) mass is 230 g/mol. The highest BCUT2D eigenvalue weighted by Gasteiger charge is 2.13. The molecule has 90 valence electrons. The van der Waals surface area contributed by atoms with E-state index < -0.39 is 0 Å². The van der Waals surface area contributed by atoms with Crippen molar-refractivity contribution < 1.29 is 4.79 Å². The van der Waals surface area contributed by atoms with Crippen LogP contribution in [0.2, 0.25) is 0 Å². The van der Waals surface area contributed by atoms with Gasteiger partial charge in [0.05, 0.1) is 0 Å². The van der Waals surface area contributed by atoms with Crippen LogP contribution in [0.15, 0.2) is 36.4 Å². The summed E-state index contributed by atoms with van der Waals surface area (Å²) < 4.78 is 0. The molecule has 3 nitrogen and oxygen atoms in total. The van der Waals surface area contributed by atoms with Gasteiger partial charge in [-0.1, -0.05) is 42.5 Å². The maximum atomic E-state index is 10.6. The van der Waals surface area contributed by atoms with Gasteiger partial charge in [-0.25, -0.2) is 0 Å². The number of piperazine rings is 1. The Balaban J connectivity index is 1.76. The van der Waals surface area contributed by atoms with Gasteiger partial charge in [0, 0.05) is 32.7 Å². The molecule has 0 aliphatic carbocycles. The second-order valence-corrected chi connectivity index (χ2v) is 4.26. The third-order valence-electron chi connectivity index (χ3n) is 3.03. The minimum absolute atomic E-state index is 0.850. The zero-order valence-corrected chi connectivity index (χ0v) is 9.96. The summed E-state index contributed by atoms with van der Waals surface area (Å²) >= 11 is 0. The van der Waals surface area contributed by atoms with E-state index in [4.69, 9.17) is 0 Å². The first-order valence-corrected chi connectivity index (χ1v) is 6.02. The number of carbonyl (C=O) groups is 1. The molecule has 0 bridgehead atoms. The van der Waals surface area contributed by atoms with Crippen LogP contribution >= 0.6 is 0 Å². The smallest absolute Gasteiger partial charge is 0.209 e. The van der Waals surface area contributed by atoms with Gasteiger partial charge in [-0.3, -0.25) is 9.69 Å². The molecule has 1 aliphatic rings. The molecule has 1 aliphatic heterocycles. The number of hydrogen-bond acceptors (Lipinski definition) is 2. The molecule has 3 heteroatoms. The fourth-order valence-corrected chi connectivity index (χ4v) is 1.95. The predicted octanol–water partition coefficient (Wildman–Crippen LogP) is 1.47. The van der Waals surface area contributed by atoms with Crippen LogP contribution in [0.3, 0.4) is 0 Å². The van der Waals surface area contributed by atoms with Crippen LogP contribution in [0, 0.1) is 0 Å². The summed E-state index contributed by atoms with van der Waals surface area (Å²) in [4.78, 5) is 14.8. The summed E-state index contributed by atoms with van der Waals surface area (Å²) in [7, 11) is 0. The van der Waals surface area contributed by atoms with Gasteiger partial charge in [-0.2, -0.15) is 0 Å². The Hall–Kier alpha value is -1.61. The SMILES string of the molecule is O=CN1CCN(CC=Cc2ccccc2)CC1. The summed E-state index contributed by atoms with van der Waals surface area (Å²) in [6.07, 6.45) is 5.27. The van der Waals surface area contributed by atoms with Crippen molar-refractivity contribution in [3.63, 3.8) is 0 Å². The molecule has 1 saturated heterocycles. The van der Waals surface area contributed by atoms with Gasteiger partial charge in [0.2, 0.25) is 6.41 Å². The normalized spacial score (nSPS) is 17.5. The number of rotatable bonds is 4. The number of benzene rings is 1. The fraction of sp³-hybridized carbons (Fsp3) is 0.357. The van der Waals surface area contributed by atoms with Crippen LogP contribution in [0.1, 0.15) is 5.56 Å². The zero-order chi connectivity index (χ0) is 11.9. The van der Waals surface area contributed by atoms with Crippen molar-refractivity contribution in [2.24, 2.45) is 0 Å². The second-order valence-electron chi connectivity index (χ2n) is 4.26. The molecule has 0 spiro atoms. The van der Waals surface area contributed by atoms with Crippen molar-refractivity contribution >= 4 is 12.5 Å². The maximum absolute atomic E-state index is 10.6. The lowest BCUT2D eigenvalue weighted by atomic mass is 10.2. The van der Waals surface area contributed by atoms with E-state index in [1.54, 1.807) is 0 Å². The quantitative estimate of drug-likeness (QED) is 0.731. The standard InChI is InChI=1S/C14H18N2O/c17-13-16-11-9-15(10-12-16)8-4-7-14-5-2-1-3-6-14/h1-7,13H,8-12H2. The van der Waals surface area contributed by atoms with Crippen molar-refractivity contribution in [3.8, 4) is 0 Å². The lowest BCUT2D eigenvalue weighted by Gasteiger charge is -2.31. The van der Waals surface area contributed by atoms with E-state index in [1.807, 2.05) is 23.1 Å². The lowest BCUT2D eigenvalue weighted by molar-refractivity contribution is -0.119. The Morgan fingerprint density at radius 3 is 2.41 bits per heavy atom. The van der Waals surface area contributed by atoms with Crippen LogP contribution < -0.4 is 0 Å². The molecule has 0 atom stereocenters. The van der Waals surface area contributed by atoms with Crippen LogP contribution in [-0.2, 0) is 4.79 Å². The minimum atomic E-state index is 0.850. The Labute approximate surface area is 102 Å². The first-order valence-electron chi connectivity index (χ1n) is 6.02. The molecule has 1 amide bonds. The van der Waals surface area contributed by atoms with E-state index in [1.165, 1.54) is 5.56 Å². The third-order valence-corrected chi connectivity index (χ3v) is 3.03. The number of nitrogens with zero attached hydrogens (tertiary/aromatic N) is 2. The second kappa shape index (κ2) is 6.21. The number of amides is 1. The predicted molar refractivity (Wildman–Crippen MR) is 69.6 cm³/mol. The Morgan fingerprint density at radius 1 is 1.06 bits per heavy atom. The van der Waals surface area contributed by atoms with Gasteiger partial charge in [-0.05, 0) is 5.56 Å². The highest BCUT2D eigenvalue weighted by Crippen LogP contribution is 2.03. The fourth-order valence-electron chi connectivity index (χ4n) is 1.95. The minimum Gasteiger partial charge on any atom is -0.343 e. The summed E-state index contributed by atoms with van der Waals surface area (Å²) in [6.45, 7) is 4.60.